The Morgan fingerprint density at radius 1 is 1.26 bits per heavy atom. The quantitative estimate of drug-likeness (QED) is 0.645. The number of aromatic nitrogens is 1. The minimum atomic E-state index is -0.613. The number of rotatable bonds is 5. The van der Waals surface area contributed by atoms with Gasteiger partial charge in [-0.05, 0) is 67.3 Å². The van der Waals surface area contributed by atoms with Crippen molar-refractivity contribution in [1.82, 2.24) is 9.71 Å². The van der Waals surface area contributed by atoms with Crippen molar-refractivity contribution in [3.8, 4) is 11.8 Å². The molecule has 0 unspecified atom stereocenters. The van der Waals surface area contributed by atoms with Crippen LogP contribution >= 0.6 is 11.9 Å². The minimum Gasteiger partial charge on any atom is -0.261 e. The van der Waals surface area contributed by atoms with E-state index in [1.54, 1.807) is 11.9 Å². The van der Waals surface area contributed by atoms with Crippen LogP contribution in [-0.2, 0) is 6.54 Å². The Morgan fingerprint density at radius 2 is 2.04 bits per heavy atom. The molecular formula is C19H19FN2S. The third kappa shape index (κ3) is 5.24. The van der Waals surface area contributed by atoms with Gasteiger partial charge in [-0.25, -0.2) is 4.39 Å². The van der Waals surface area contributed by atoms with Crippen LogP contribution in [0.25, 0.3) is 6.08 Å². The van der Waals surface area contributed by atoms with Gasteiger partial charge in [-0.3, -0.25) is 9.71 Å². The molecule has 1 heterocycles. The number of pyridine rings is 1. The van der Waals surface area contributed by atoms with Gasteiger partial charge in [0, 0.05) is 28.9 Å². The summed E-state index contributed by atoms with van der Waals surface area (Å²) >= 11 is 1.56. The highest BCUT2D eigenvalue weighted by Crippen LogP contribution is 2.18. The lowest BCUT2D eigenvalue weighted by atomic mass is 10.1. The molecule has 1 aromatic carbocycles. The number of allylic oxidation sites excluding steroid dienone is 1. The van der Waals surface area contributed by atoms with E-state index in [1.165, 1.54) is 11.1 Å². The molecule has 2 nitrogen and oxygen atoms in total. The molecule has 0 aliphatic carbocycles. The summed E-state index contributed by atoms with van der Waals surface area (Å²) < 4.78 is 15.4. The second-order valence-corrected chi connectivity index (χ2v) is 5.82. The summed E-state index contributed by atoms with van der Waals surface area (Å²) in [6.45, 7) is 4.16. The maximum absolute atomic E-state index is 12.0. The van der Waals surface area contributed by atoms with Crippen molar-refractivity contribution in [3.05, 3.63) is 65.0 Å². The third-order valence-electron chi connectivity index (χ3n) is 3.22. The fourth-order valence-electron chi connectivity index (χ4n) is 2.12. The van der Waals surface area contributed by atoms with Gasteiger partial charge in [0.15, 0.2) is 6.67 Å². The van der Waals surface area contributed by atoms with Crippen LogP contribution in [0, 0.1) is 18.8 Å². The average molecular weight is 326 g/mol. The molecule has 0 aliphatic heterocycles. The van der Waals surface area contributed by atoms with Crippen molar-refractivity contribution in [3.63, 3.8) is 0 Å². The van der Waals surface area contributed by atoms with E-state index >= 15 is 0 Å². The van der Waals surface area contributed by atoms with E-state index < -0.39 is 6.67 Å². The molecule has 0 spiro atoms. The summed E-state index contributed by atoms with van der Waals surface area (Å²) in [4.78, 5) is 5.43. The first-order valence-corrected chi connectivity index (χ1v) is 8.18. The van der Waals surface area contributed by atoms with Gasteiger partial charge in [0.05, 0.1) is 0 Å². The van der Waals surface area contributed by atoms with Crippen LogP contribution in [0.4, 0.5) is 4.39 Å². The first kappa shape index (κ1) is 17.3. The topological polar surface area (TPSA) is 24.9 Å². The molecule has 0 aliphatic rings. The highest BCUT2D eigenvalue weighted by molar-refractivity contribution is 7.97. The predicted molar refractivity (Wildman–Crippen MR) is 95.7 cm³/mol. The molecule has 118 valence electrons. The number of halogens is 1. The van der Waals surface area contributed by atoms with Gasteiger partial charge in [0.25, 0.3) is 0 Å². The summed E-state index contributed by atoms with van der Waals surface area (Å²) in [5.41, 5.74) is 4.24. The second-order valence-electron chi connectivity index (χ2n) is 4.85. The van der Waals surface area contributed by atoms with Crippen LogP contribution < -0.4 is 4.72 Å². The van der Waals surface area contributed by atoms with Crippen molar-refractivity contribution >= 4 is 18.0 Å². The Morgan fingerprint density at radius 3 is 2.74 bits per heavy atom. The van der Waals surface area contributed by atoms with E-state index in [0.29, 0.717) is 0 Å². The Balaban J connectivity index is 1.96. The van der Waals surface area contributed by atoms with E-state index in [2.05, 4.69) is 27.6 Å². The molecule has 0 atom stereocenters. The number of nitrogens with one attached hydrogen (secondary N) is 1. The van der Waals surface area contributed by atoms with E-state index in [1.807, 2.05) is 56.5 Å². The molecule has 2 aromatic rings. The van der Waals surface area contributed by atoms with Gasteiger partial charge in [0.1, 0.15) is 0 Å². The van der Waals surface area contributed by atoms with Crippen molar-refractivity contribution < 1.29 is 4.39 Å². The molecule has 23 heavy (non-hydrogen) atoms. The minimum absolute atomic E-state index is 0.613. The molecule has 0 bridgehead atoms. The van der Waals surface area contributed by atoms with Crippen molar-refractivity contribution in [2.24, 2.45) is 0 Å². The van der Waals surface area contributed by atoms with Crippen LogP contribution in [0.2, 0.25) is 0 Å². The fraction of sp³-hybridized carbons (Fsp3) is 0.211. The maximum Gasteiger partial charge on any atom is 0.150 e. The zero-order valence-corrected chi connectivity index (χ0v) is 14.1. The van der Waals surface area contributed by atoms with Crippen LogP contribution in [0.1, 0.15) is 29.3 Å². The van der Waals surface area contributed by atoms with Crippen LogP contribution in [0.3, 0.4) is 0 Å². The van der Waals surface area contributed by atoms with Crippen LogP contribution in [0.5, 0.6) is 0 Å². The molecular weight excluding hydrogens is 307 g/mol. The largest absolute Gasteiger partial charge is 0.261 e. The number of alkyl halides is 1. The normalized spacial score (nSPS) is 10.6. The lowest BCUT2D eigenvalue weighted by molar-refractivity contribution is 0.573. The summed E-state index contributed by atoms with van der Waals surface area (Å²) in [5.74, 6) is 5.18. The lowest BCUT2D eigenvalue weighted by Gasteiger charge is -2.09. The zero-order chi connectivity index (χ0) is 16.5. The number of benzene rings is 1. The first-order chi connectivity index (χ1) is 11.2. The smallest absolute Gasteiger partial charge is 0.150 e. The predicted octanol–water partition coefficient (Wildman–Crippen LogP) is 4.54. The molecule has 0 radical (unpaired) electrons. The van der Waals surface area contributed by atoms with Crippen LogP contribution in [0.15, 0.2) is 47.5 Å². The Bertz CT molecular complexity index is 727. The van der Waals surface area contributed by atoms with Gasteiger partial charge < -0.3 is 0 Å². The summed E-state index contributed by atoms with van der Waals surface area (Å²) in [6.07, 6.45) is 5.95. The molecule has 0 saturated heterocycles. The van der Waals surface area contributed by atoms with Crippen molar-refractivity contribution in [2.75, 3.05) is 6.67 Å². The maximum atomic E-state index is 12.0. The monoisotopic (exact) mass is 326 g/mol. The number of hydrogen-bond acceptors (Lipinski definition) is 3. The van der Waals surface area contributed by atoms with E-state index in [-0.39, 0.29) is 0 Å². The molecule has 2 rings (SSSR count). The van der Waals surface area contributed by atoms with Crippen molar-refractivity contribution in [1.29, 1.82) is 0 Å². The van der Waals surface area contributed by atoms with Gasteiger partial charge in [-0.1, -0.05) is 24.0 Å². The molecule has 0 amide bonds. The Labute approximate surface area is 141 Å². The van der Waals surface area contributed by atoms with Crippen LogP contribution in [-0.4, -0.2) is 11.7 Å². The van der Waals surface area contributed by atoms with Crippen molar-refractivity contribution in [2.45, 2.75) is 25.3 Å². The summed E-state index contributed by atoms with van der Waals surface area (Å²) in [5, 5.41) is 0. The average Bonchev–Trinajstić information content (AvgIpc) is 2.57. The van der Waals surface area contributed by atoms with Gasteiger partial charge in [-0.15, -0.1) is 0 Å². The Kier molecular flexibility index (Phi) is 6.86. The lowest BCUT2D eigenvalue weighted by Crippen LogP contribution is -2.06. The third-order valence-corrected chi connectivity index (χ3v) is 4.02. The number of hydrogen-bond donors (Lipinski definition) is 1. The zero-order valence-electron chi connectivity index (χ0n) is 13.3. The fourth-order valence-corrected chi connectivity index (χ4v) is 2.78. The molecule has 1 aromatic heterocycles. The molecule has 1 N–H and O–H groups in total. The number of nitrogens with zero attached hydrogens (tertiary/aromatic N) is 1. The summed E-state index contributed by atoms with van der Waals surface area (Å²) in [7, 11) is 0. The molecule has 4 heteroatoms. The highest BCUT2D eigenvalue weighted by Gasteiger charge is 2.03. The van der Waals surface area contributed by atoms with Gasteiger partial charge in [-0.2, -0.15) is 0 Å². The van der Waals surface area contributed by atoms with E-state index in [9.17, 15) is 4.39 Å². The highest BCUT2D eigenvalue weighted by atomic mass is 32.2. The SMILES string of the molecule is C/C=C\c1c(CNSc2ccc(C#CCF)cc2)ccnc1C. The summed E-state index contributed by atoms with van der Waals surface area (Å²) in [6, 6.07) is 9.78. The Hall–Kier alpha value is -2.09. The molecule has 0 fully saturated rings. The molecule has 0 saturated carbocycles. The number of aryl methyl sites for hydroxylation is 1. The van der Waals surface area contributed by atoms with Gasteiger partial charge >= 0.3 is 0 Å². The van der Waals surface area contributed by atoms with E-state index in [4.69, 9.17) is 0 Å². The standard InChI is InChI=1S/C19H19FN2S/c1-3-5-19-15(2)21-13-11-17(19)14-22-23-18-9-7-16(8-10-18)6-4-12-20/h3,5,7-11,13,22H,12,14H2,1-2H3/b5-3-. The second kappa shape index (κ2) is 9.14. The first-order valence-electron chi connectivity index (χ1n) is 7.36. The van der Waals surface area contributed by atoms with E-state index in [0.717, 1.165) is 22.7 Å². The van der Waals surface area contributed by atoms with Gasteiger partial charge in [0.2, 0.25) is 0 Å².